The van der Waals surface area contributed by atoms with E-state index < -0.39 is 18.0 Å². The highest BCUT2D eigenvalue weighted by Crippen LogP contribution is 2.14. The number of aromatic nitrogens is 2. The number of nitrogens with zero attached hydrogens (tertiary/aromatic N) is 2. The molecule has 0 saturated carbocycles. The summed E-state index contributed by atoms with van der Waals surface area (Å²) in [4.78, 5) is 22.0. The van der Waals surface area contributed by atoms with Crippen molar-refractivity contribution in [3.8, 4) is 0 Å². The molecule has 1 rings (SSSR count). The molecule has 1 unspecified atom stereocenters. The van der Waals surface area contributed by atoms with E-state index >= 15 is 0 Å². The van der Waals surface area contributed by atoms with Crippen LogP contribution in [0.2, 0.25) is 0 Å². The minimum Gasteiger partial charge on any atom is -0.480 e. The smallest absolute Gasteiger partial charge is 0.361 e. The van der Waals surface area contributed by atoms with Gasteiger partial charge >= 0.3 is 11.9 Å². The first-order valence-electron chi connectivity index (χ1n) is 4.72. The van der Waals surface area contributed by atoms with Crippen LogP contribution in [-0.4, -0.2) is 33.4 Å². The quantitative estimate of drug-likeness (QED) is 0.715. The highest BCUT2D eigenvalue weighted by molar-refractivity contribution is 5.92. The normalized spacial score (nSPS) is 12.1. The Hall–Kier alpha value is -2.05. The maximum absolute atomic E-state index is 11.3. The second kappa shape index (κ2) is 4.65. The van der Waals surface area contributed by atoms with Crippen LogP contribution in [0.3, 0.4) is 0 Å². The van der Waals surface area contributed by atoms with Gasteiger partial charge in [-0.1, -0.05) is 0 Å². The fourth-order valence-corrected chi connectivity index (χ4v) is 1.08. The molecule has 0 aliphatic rings. The number of nitrogens with two attached hydrogens (primary N) is 1. The molecule has 0 aromatic carbocycles. The third-order valence-corrected chi connectivity index (χ3v) is 1.98. The molecule has 0 saturated heterocycles. The molecule has 1 aromatic heterocycles. The lowest BCUT2D eigenvalue weighted by Gasteiger charge is -2.05. The fourth-order valence-electron chi connectivity index (χ4n) is 1.08. The number of carbonyl (C=O) groups is 2. The van der Waals surface area contributed by atoms with Crippen LogP contribution in [0, 0.1) is 0 Å². The van der Waals surface area contributed by atoms with Crippen LogP contribution < -0.4 is 5.73 Å². The largest absolute Gasteiger partial charge is 0.480 e. The van der Waals surface area contributed by atoms with Crippen LogP contribution in [0.1, 0.15) is 30.4 Å². The molecule has 7 nitrogen and oxygen atoms in total. The summed E-state index contributed by atoms with van der Waals surface area (Å²) in [5.41, 5.74) is 5.58. The molecule has 3 N–H and O–H groups in total. The van der Waals surface area contributed by atoms with Crippen LogP contribution in [-0.2, 0) is 9.53 Å². The van der Waals surface area contributed by atoms with Crippen molar-refractivity contribution in [3.63, 3.8) is 0 Å². The lowest BCUT2D eigenvalue weighted by atomic mass is 10.3. The Bertz CT molecular complexity index is 413. The van der Waals surface area contributed by atoms with E-state index in [1.54, 1.807) is 6.92 Å². The second-order valence-corrected chi connectivity index (χ2v) is 3.15. The van der Waals surface area contributed by atoms with Crippen LogP contribution >= 0.6 is 0 Å². The molecular formula is C9H13N3O4. The average Bonchev–Trinajstić information content (AvgIpc) is 2.59. The summed E-state index contributed by atoms with van der Waals surface area (Å²) in [6.07, 6.45) is 1.30. The Morgan fingerprint density at radius 1 is 1.69 bits per heavy atom. The number of esters is 1. The van der Waals surface area contributed by atoms with Gasteiger partial charge in [-0.25, -0.2) is 9.59 Å². The first-order valence-corrected chi connectivity index (χ1v) is 4.72. The standard InChI is InChI=1S/C9H13N3O4/c1-3-16-9(15)7-6(10)4-12(11-7)5(2)8(13)14/h4-5H,3,10H2,1-2H3,(H,13,14). The molecule has 0 fully saturated rings. The third-order valence-electron chi connectivity index (χ3n) is 1.98. The molecule has 0 aliphatic heterocycles. The minimum absolute atomic E-state index is 0.0602. The number of carboxylic acids is 1. The summed E-state index contributed by atoms with van der Waals surface area (Å²) in [7, 11) is 0. The van der Waals surface area contributed by atoms with Gasteiger partial charge in [-0.3, -0.25) is 4.68 Å². The van der Waals surface area contributed by atoms with Crippen molar-refractivity contribution in [1.29, 1.82) is 0 Å². The number of nitrogen functional groups attached to an aromatic ring is 1. The van der Waals surface area contributed by atoms with Gasteiger partial charge in [-0.15, -0.1) is 0 Å². The Kier molecular flexibility index (Phi) is 3.49. The zero-order valence-corrected chi connectivity index (χ0v) is 9.01. The van der Waals surface area contributed by atoms with Crippen molar-refractivity contribution in [2.45, 2.75) is 19.9 Å². The van der Waals surface area contributed by atoms with E-state index in [0.717, 1.165) is 4.68 Å². The van der Waals surface area contributed by atoms with Crippen molar-refractivity contribution in [3.05, 3.63) is 11.9 Å². The van der Waals surface area contributed by atoms with Gasteiger partial charge in [0.25, 0.3) is 0 Å². The van der Waals surface area contributed by atoms with E-state index in [9.17, 15) is 9.59 Å². The van der Waals surface area contributed by atoms with E-state index in [1.807, 2.05) is 0 Å². The van der Waals surface area contributed by atoms with Crippen LogP contribution in [0.5, 0.6) is 0 Å². The van der Waals surface area contributed by atoms with Crippen molar-refractivity contribution in [2.24, 2.45) is 0 Å². The molecule has 1 heterocycles. The zero-order chi connectivity index (χ0) is 12.3. The number of ether oxygens (including phenoxy) is 1. The summed E-state index contributed by atoms with van der Waals surface area (Å²) >= 11 is 0. The highest BCUT2D eigenvalue weighted by Gasteiger charge is 2.20. The summed E-state index contributed by atoms with van der Waals surface area (Å²) in [5.74, 6) is -1.71. The molecule has 0 bridgehead atoms. The van der Waals surface area contributed by atoms with Gasteiger partial charge in [-0.05, 0) is 13.8 Å². The predicted octanol–water partition coefficient (Wildman–Crippen LogP) is 0.288. The number of carboxylic acid groups (broad SMARTS) is 1. The number of hydrogen-bond donors (Lipinski definition) is 2. The fraction of sp³-hybridized carbons (Fsp3) is 0.444. The minimum atomic E-state index is -1.06. The van der Waals surface area contributed by atoms with E-state index in [0.29, 0.717) is 0 Å². The van der Waals surface area contributed by atoms with Crippen molar-refractivity contribution >= 4 is 17.6 Å². The van der Waals surface area contributed by atoms with Crippen LogP contribution in [0.4, 0.5) is 5.69 Å². The zero-order valence-electron chi connectivity index (χ0n) is 9.01. The Labute approximate surface area is 91.8 Å². The van der Waals surface area contributed by atoms with E-state index in [1.165, 1.54) is 13.1 Å². The van der Waals surface area contributed by atoms with E-state index in [2.05, 4.69) is 5.10 Å². The molecule has 0 amide bonds. The number of aliphatic carboxylic acids is 1. The van der Waals surface area contributed by atoms with Gasteiger partial charge in [0.1, 0.15) is 6.04 Å². The van der Waals surface area contributed by atoms with Gasteiger partial charge < -0.3 is 15.6 Å². The van der Waals surface area contributed by atoms with Crippen molar-refractivity contribution in [1.82, 2.24) is 9.78 Å². The Morgan fingerprint density at radius 3 is 2.81 bits per heavy atom. The lowest BCUT2D eigenvalue weighted by molar-refractivity contribution is -0.140. The summed E-state index contributed by atoms with van der Waals surface area (Å²) in [6.45, 7) is 3.30. The number of carbonyl (C=O) groups excluding carboxylic acids is 1. The summed E-state index contributed by atoms with van der Waals surface area (Å²) in [6, 6.07) is -0.884. The van der Waals surface area contributed by atoms with E-state index in [-0.39, 0.29) is 18.0 Å². The molecule has 0 radical (unpaired) electrons. The topological polar surface area (TPSA) is 107 Å². The number of rotatable bonds is 4. The van der Waals surface area contributed by atoms with Gasteiger partial charge in [0.2, 0.25) is 0 Å². The number of anilines is 1. The van der Waals surface area contributed by atoms with Gasteiger partial charge in [0, 0.05) is 6.20 Å². The second-order valence-electron chi connectivity index (χ2n) is 3.15. The van der Waals surface area contributed by atoms with Gasteiger partial charge in [-0.2, -0.15) is 5.10 Å². The first-order chi connectivity index (χ1) is 7.47. The highest BCUT2D eigenvalue weighted by atomic mass is 16.5. The maximum atomic E-state index is 11.3. The maximum Gasteiger partial charge on any atom is 0.361 e. The molecular weight excluding hydrogens is 214 g/mol. The van der Waals surface area contributed by atoms with Gasteiger partial charge in [0.15, 0.2) is 5.69 Å². The third kappa shape index (κ3) is 2.30. The predicted molar refractivity (Wildman–Crippen MR) is 54.9 cm³/mol. The number of hydrogen-bond acceptors (Lipinski definition) is 5. The monoisotopic (exact) mass is 227 g/mol. The molecule has 0 spiro atoms. The molecule has 7 heteroatoms. The first kappa shape index (κ1) is 12.0. The SMILES string of the molecule is CCOC(=O)c1nn(C(C)C(=O)O)cc1N. The van der Waals surface area contributed by atoms with E-state index in [4.69, 9.17) is 15.6 Å². The Morgan fingerprint density at radius 2 is 2.31 bits per heavy atom. The Balaban J connectivity index is 2.98. The van der Waals surface area contributed by atoms with Crippen molar-refractivity contribution in [2.75, 3.05) is 12.3 Å². The molecule has 1 atom stereocenters. The van der Waals surface area contributed by atoms with Gasteiger partial charge in [0.05, 0.1) is 12.3 Å². The van der Waals surface area contributed by atoms with Crippen LogP contribution in [0.15, 0.2) is 6.20 Å². The average molecular weight is 227 g/mol. The molecule has 88 valence electrons. The molecule has 1 aromatic rings. The summed E-state index contributed by atoms with van der Waals surface area (Å²) in [5, 5.41) is 12.5. The van der Waals surface area contributed by atoms with Crippen molar-refractivity contribution < 1.29 is 19.4 Å². The molecule has 16 heavy (non-hydrogen) atoms. The lowest BCUT2D eigenvalue weighted by Crippen LogP contribution is -2.17. The summed E-state index contributed by atoms with van der Waals surface area (Å²) < 4.78 is 5.84. The molecule has 0 aliphatic carbocycles. The van der Waals surface area contributed by atoms with Crippen LogP contribution in [0.25, 0.3) is 0 Å².